The molecule has 0 spiro atoms. The van der Waals surface area contributed by atoms with Crippen LogP contribution < -0.4 is 10.1 Å². The number of alkyl carbamates (subject to hydrolysis) is 1. The van der Waals surface area contributed by atoms with Crippen molar-refractivity contribution >= 4 is 23.0 Å². The number of methoxy groups -OCH3 is 1. The van der Waals surface area contributed by atoms with Crippen LogP contribution in [-0.2, 0) is 16.0 Å². The fourth-order valence-electron chi connectivity index (χ4n) is 5.60. The number of ether oxygens (including phenoxy) is 2. The molecule has 0 radical (unpaired) electrons. The first-order valence-electron chi connectivity index (χ1n) is 13.1. The summed E-state index contributed by atoms with van der Waals surface area (Å²) in [7, 11) is 1.61. The summed E-state index contributed by atoms with van der Waals surface area (Å²) in [5.41, 5.74) is 7.80. The zero-order chi connectivity index (χ0) is 27.6. The van der Waals surface area contributed by atoms with E-state index in [2.05, 4.69) is 22.4 Å². The number of benzene rings is 4. The van der Waals surface area contributed by atoms with Gasteiger partial charge in [-0.3, -0.25) is 0 Å². The SMILES string of the molecule is COc1ccc(-c2[nH]c3ccccc3c2C[C@H](NC(=O)OCC2c3ccccc3-c3ccccc32)C(=O)O)cc1. The number of rotatable bonds is 8. The van der Waals surface area contributed by atoms with Gasteiger partial charge in [0, 0.05) is 28.9 Å². The summed E-state index contributed by atoms with van der Waals surface area (Å²) >= 11 is 0. The molecule has 7 nitrogen and oxygen atoms in total. The van der Waals surface area contributed by atoms with Crippen molar-refractivity contribution in [1.29, 1.82) is 0 Å². The summed E-state index contributed by atoms with van der Waals surface area (Å²) in [6.07, 6.45) is -0.689. The highest BCUT2D eigenvalue weighted by atomic mass is 16.5. The second-order valence-electron chi connectivity index (χ2n) is 9.82. The highest BCUT2D eigenvalue weighted by Gasteiger charge is 2.30. The molecular weight excluding hydrogens is 504 g/mol. The third kappa shape index (κ3) is 4.66. The van der Waals surface area contributed by atoms with Gasteiger partial charge in [0.25, 0.3) is 0 Å². The lowest BCUT2D eigenvalue weighted by Gasteiger charge is -2.18. The first-order chi connectivity index (χ1) is 19.5. The Labute approximate surface area is 231 Å². The lowest BCUT2D eigenvalue weighted by Crippen LogP contribution is -2.43. The van der Waals surface area contributed by atoms with E-state index in [0.29, 0.717) is 0 Å². The van der Waals surface area contributed by atoms with Crippen molar-refractivity contribution in [3.8, 4) is 28.1 Å². The minimum absolute atomic E-state index is 0.0743. The number of aromatic nitrogens is 1. The minimum Gasteiger partial charge on any atom is -0.497 e. The van der Waals surface area contributed by atoms with Crippen LogP contribution in [0.5, 0.6) is 5.75 Å². The second-order valence-corrected chi connectivity index (χ2v) is 9.82. The van der Waals surface area contributed by atoms with Gasteiger partial charge in [0.2, 0.25) is 0 Å². The largest absolute Gasteiger partial charge is 0.497 e. The topological polar surface area (TPSA) is 101 Å². The normalized spacial score (nSPS) is 12.9. The van der Waals surface area contributed by atoms with E-state index in [4.69, 9.17) is 9.47 Å². The van der Waals surface area contributed by atoms with Gasteiger partial charge in [-0.1, -0.05) is 66.7 Å². The molecule has 5 aromatic rings. The number of nitrogens with one attached hydrogen (secondary N) is 2. The standard InChI is InChI=1S/C33H28N2O5/c1-39-21-16-14-20(15-17-21)31-27(26-12-6-7-13-29(26)34-31)18-30(32(36)37)35-33(38)40-19-28-24-10-4-2-8-22(24)23-9-3-5-11-25(23)28/h2-17,28,30,34H,18-19H2,1H3,(H,35,38)(H,36,37)/t30-/m0/s1. The van der Waals surface area contributed by atoms with Crippen molar-refractivity contribution in [2.45, 2.75) is 18.4 Å². The Bertz CT molecular complexity index is 1660. The molecular formula is C33H28N2O5. The number of H-pyrrole nitrogens is 1. The van der Waals surface area contributed by atoms with Crippen molar-refractivity contribution in [3.63, 3.8) is 0 Å². The lowest BCUT2D eigenvalue weighted by atomic mass is 9.98. The maximum absolute atomic E-state index is 12.9. The predicted octanol–water partition coefficient (Wildman–Crippen LogP) is 6.38. The molecule has 0 fully saturated rings. The van der Waals surface area contributed by atoms with Crippen LogP contribution in [0.3, 0.4) is 0 Å². The molecule has 1 heterocycles. The van der Waals surface area contributed by atoms with Gasteiger partial charge in [0.1, 0.15) is 18.4 Å². The summed E-state index contributed by atoms with van der Waals surface area (Å²) in [5.74, 6) is -0.530. The van der Waals surface area contributed by atoms with Gasteiger partial charge < -0.3 is 24.9 Å². The quantitative estimate of drug-likeness (QED) is 0.215. The van der Waals surface area contributed by atoms with Crippen LogP contribution in [0.25, 0.3) is 33.3 Å². The number of aliphatic carboxylic acids is 1. The van der Waals surface area contributed by atoms with Crippen LogP contribution in [0, 0.1) is 0 Å². The van der Waals surface area contributed by atoms with E-state index in [0.717, 1.165) is 55.7 Å². The van der Waals surface area contributed by atoms with Crippen molar-refractivity contribution in [2.24, 2.45) is 0 Å². The summed E-state index contributed by atoms with van der Waals surface area (Å²) in [6.45, 7) is 0.108. The number of amides is 1. The number of carbonyl (C=O) groups is 2. The van der Waals surface area contributed by atoms with E-state index in [1.807, 2.05) is 84.9 Å². The van der Waals surface area contributed by atoms with Gasteiger partial charge in [-0.25, -0.2) is 9.59 Å². The first kappa shape index (κ1) is 25.2. The lowest BCUT2D eigenvalue weighted by molar-refractivity contribution is -0.139. The summed E-state index contributed by atoms with van der Waals surface area (Å²) in [4.78, 5) is 28.7. The van der Waals surface area contributed by atoms with Crippen molar-refractivity contribution in [2.75, 3.05) is 13.7 Å². The molecule has 6 rings (SSSR count). The summed E-state index contributed by atoms with van der Waals surface area (Å²) < 4.78 is 10.9. The second kappa shape index (κ2) is 10.6. The van der Waals surface area contributed by atoms with Crippen molar-refractivity contribution < 1.29 is 24.2 Å². The molecule has 1 aliphatic carbocycles. The fraction of sp³-hybridized carbons (Fsp3) is 0.152. The average Bonchev–Trinajstić information content (AvgIpc) is 3.51. The number of hydrogen-bond acceptors (Lipinski definition) is 4. The van der Waals surface area contributed by atoms with E-state index in [-0.39, 0.29) is 18.9 Å². The van der Waals surface area contributed by atoms with Crippen molar-refractivity contribution in [3.05, 3.63) is 114 Å². The summed E-state index contributed by atoms with van der Waals surface area (Å²) in [6, 6.07) is 30.2. The Kier molecular flexibility index (Phi) is 6.70. The third-order valence-corrected chi connectivity index (χ3v) is 7.53. The van der Waals surface area contributed by atoms with E-state index in [9.17, 15) is 14.7 Å². The van der Waals surface area contributed by atoms with Gasteiger partial charge in [0.15, 0.2) is 0 Å². The van der Waals surface area contributed by atoms with Gasteiger partial charge in [-0.2, -0.15) is 0 Å². The Morgan fingerprint density at radius 3 is 2.15 bits per heavy atom. The fourth-order valence-corrected chi connectivity index (χ4v) is 5.60. The number of para-hydroxylation sites is 1. The highest BCUT2D eigenvalue weighted by molar-refractivity contribution is 5.92. The Balaban J connectivity index is 1.22. The molecule has 1 atom stereocenters. The molecule has 0 saturated heterocycles. The van der Waals surface area contributed by atoms with Crippen LogP contribution in [0.2, 0.25) is 0 Å². The number of carboxylic acid groups (broad SMARTS) is 1. The Morgan fingerprint density at radius 2 is 1.50 bits per heavy atom. The van der Waals surface area contributed by atoms with Gasteiger partial charge in [-0.05, 0) is 63.7 Å². The molecule has 1 amide bonds. The first-order valence-corrected chi connectivity index (χ1v) is 13.1. The van der Waals surface area contributed by atoms with Crippen molar-refractivity contribution in [1.82, 2.24) is 10.3 Å². The Hall–Kier alpha value is -5.04. The average molecular weight is 533 g/mol. The van der Waals surface area contributed by atoms with Gasteiger partial charge in [0.05, 0.1) is 7.11 Å². The van der Waals surface area contributed by atoms with Gasteiger partial charge in [-0.15, -0.1) is 0 Å². The van der Waals surface area contributed by atoms with Crippen LogP contribution in [0.15, 0.2) is 97.1 Å². The number of carboxylic acids is 1. The third-order valence-electron chi connectivity index (χ3n) is 7.53. The molecule has 0 aliphatic heterocycles. The minimum atomic E-state index is -1.19. The van der Waals surface area contributed by atoms with E-state index in [1.54, 1.807) is 7.11 Å². The van der Waals surface area contributed by atoms with Crippen LogP contribution in [0.4, 0.5) is 4.79 Å². The molecule has 1 aromatic heterocycles. The number of hydrogen-bond donors (Lipinski definition) is 3. The molecule has 0 unspecified atom stereocenters. The zero-order valence-corrected chi connectivity index (χ0v) is 21.9. The van der Waals surface area contributed by atoms with Crippen LogP contribution in [-0.4, -0.2) is 41.9 Å². The molecule has 1 aliphatic rings. The highest BCUT2D eigenvalue weighted by Crippen LogP contribution is 2.44. The molecule has 0 saturated carbocycles. The zero-order valence-electron chi connectivity index (χ0n) is 21.9. The summed E-state index contributed by atoms with van der Waals surface area (Å²) in [5, 5.41) is 13.6. The van der Waals surface area contributed by atoms with E-state index in [1.165, 1.54) is 0 Å². The molecule has 7 heteroatoms. The van der Waals surface area contributed by atoms with Crippen LogP contribution in [0.1, 0.15) is 22.6 Å². The molecule has 200 valence electrons. The smallest absolute Gasteiger partial charge is 0.407 e. The number of fused-ring (bicyclic) bond motifs is 4. The molecule has 4 aromatic carbocycles. The van der Waals surface area contributed by atoms with E-state index < -0.39 is 18.1 Å². The molecule has 40 heavy (non-hydrogen) atoms. The maximum atomic E-state index is 12.9. The number of aromatic amines is 1. The van der Waals surface area contributed by atoms with Gasteiger partial charge >= 0.3 is 12.1 Å². The Morgan fingerprint density at radius 1 is 0.875 bits per heavy atom. The molecule has 3 N–H and O–H groups in total. The monoisotopic (exact) mass is 532 g/mol. The predicted molar refractivity (Wildman–Crippen MR) is 154 cm³/mol. The van der Waals surface area contributed by atoms with Crippen LogP contribution >= 0.6 is 0 Å². The number of carbonyl (C=O) groups excluding carboxylic acids is 1. The maximum Gasteiger partial charge on any atom is 0.407 e. The molecule has 0 bridgehead atoms. The van der Waals surface area contributed by atoms with E-state index >= 15 is 0 Å².